The molecule has 1 aliphatic heterocycles. The van der Waals surface area contributed by atoms with Gasteiger partial charge in [0.05, 0.1) is 5.69 Å². The second kappa shape index (κ2) is 3.99. The summed E-state index contributed by atoms with van der Waals surface area (Å²) >= 11 is 0. The van der Waals surface area contributed by atoms with Crippen molar-refractivity contribution in [3.05, 3.63) is 29.3 Å². The van der Waals surface area contributed by atoms with Gasteiger partial charge in [-0.3, -0.25) is 9.59 Å². The fraction of sp³-hybridized carbons (Fsp3) is 0.429. The van der Waals surface area contributed by atoms with E-state index in [1.165, 1.54) is 4.90 Å². The smallest absolute Gasteiger partial charge is 0.237 e. The van der Waals surface area contributed by atoms with Crippen LogP contribution in [0, 0.1) is 25.7 Å². The van der Waals surface area contributed by atoms with Crippen LogP contribution < -0.4 is 4.90 Å². The Hall–Kier alpha value is -1.64. The Labute approximate surface area is 101 Å². The van der Waals surface area contributed by atoms with Gasteiger partial charge < -0.3 is 0 Å². The van der Waals surface area contributed by atoms with Gasteiger partial charge in [0.25, 0.3) is 0 Å². The molecule has 0 spiro atoms. The quantitative estimate of drug-likeness (QED) is 0.696. The van der Waals surface area contributed by atoms with Crippen molar-refractivity contribution in [2.75, 3.05) is 4.90 Å². The summed E-state index contributed by atoms with van der Waals surface area (Å²) in [6.45, 7) is 7.49. The Morgan fingerprint density at radius 1 is 0.941 bits per heavy atom. The summed E-state index contributed by atoms with van der Waals surface area (Å²) in [5.74, 6) is -0.609. The first-order chi connectivity index (χ1) is 7.95. The number of hydrogen-bond donors (Lipinski definition) is 0. The molecule has 1 fully saturated rings. The first kappa shape index (κ1) is 11.8. The number of carbonyl (C=O) groups excluding carboxylic acids is 2. The van der Waals surface area contributed by atoms with Crippen LogP contribution in [-0.2, 0) is 9.59 Å². The van der Waals surface area contributed by atoms with Gasteiger partial charge in [0.1, 0.15) is 0 Å². The number of amides is 2. The third-order valence-electron chi connectivity index (χ3n) is 3.63. The van der Waals surface area contributed by atoms with Gasteiger partial charge in [-0.15, -0.1) is 0 Å². The molecule has 0 bridgehead atoms. The highest BCUT2D eigenvalue weighted by Gasteiger charge is 2.43. The van der Waals surface area contributed by atoms with Gasteiger partial charge >= 0.3 is 0 Å². The predicted octanol–water partition coefficient (Wildman–Crippen LogP) is 2.45. The average molecular weight is 231 g/mol. The van der Waals surface area contributed by atoms with Gasteiger partial charge in [-0.1, -0.05) is 32.0 Å². The lowest BCUT2D eigenvalue weighted by Crippen LogP contribution is -2.31. The molecule has 0 aliphatic carbocycles. The number of carbonyl (C=O) groups is 2. The first-order valence-electron chi connectivity index (χ1n) is 5.89. The maximum Gasteiger partial charge on any atom is 0.237 e. The summed E-state index contributed by atoms with van der Waals surface area (Å²) in [6, 6.07) is 5.79. The van der Waals surface area contributed by atoms with Crippen molar-refractivity contribution in [1.82, 2.24) is 0 Å². The van der Waals surface area contributed by atoms with E-state index < -0.39 is 0 Å². The van der Waals surface area contributed by atoms with E-state index >= 15 is 0 Å². The molecule has 0 radical (unpaired) electrons. The summed E-state index contributed by atoms with van der Waals surface area (Å²) in [4.78, 5) is 25.6. The second-order valence-corrected chi connectivity index (χ2v) is 4.83. The molecule has 17 heavy (non-hydrogen) atoms. The molecule has 90 valence electrons. The van der Waals surface area contributed by atoms with E-state index in [9.17, 15) is 9.59 Å². The average Bonchev–Trinajstić information content (AvgIpc) is 2.46. The second-order valence-electron chi connectivity index (χ2n) is 4.83. The van der Waals surface area contributed by atoms with Crippen molar-refractivity contribution in [2.45, 2.75) is 27.7 Å². The summed E-state index contributed by atoms with van der Waals surface area (Å²) in [6.07, 6.45) is 0. The molecule has 1 aromatic carbocycles. The van der Waals surface area contributed by atoms with Crippen LogP contribution in [0.5, 0.6) is 0 Å². The highest BCUT2D eigenvalue weighted by atomic mass is 16.2. The Morgan fingerprint density at radius 2 is 1.35 bits per heavy atom. The van der Waals surface area contributed by atoms with Gasteiger partial charge in [0, 0.05) is 11.8 Å². The molecular formula is C14H17NO2. The molecule has 3 heteroatoms. The minimum absolute atomic E-state index is 0.0834. The van der Waals surface area contributed by atoms with Crippen LogP contribution in [0.4, 0.5) is 5.69 Å². The molecule has 0 saturated carbocycles. The zero-order valence-corrected chi connectivity index (χ0v) is 10.7. The van der Waals surface area contributed by atoms with Crippen molar-refractivity contribution in [2.24, 2.45) is 11.8 Å². The van der Waals surface area contributed by atoms with Gasteiger partial charge in [-0.05, 0) is 25.0 Å². The molecule has 0 N–H and O–H groups in total. The van der Waals surface area contributed by atoms with Gasteiger partial charge in [0.15, 0.2) is 0 Å². The number of imide groups is 1. The van der Waals surface area contributed by atoms with Crippen LogP contribution in [0.1, 0.15) is 25.0 Å². The van der Waals surface area contributed by atoms with Crippen molar-refractivity contribution in [1.29, 1.82) is 0 Å². The van der Waals surface area contributed by atoms with E-state index in [1.807, 2.05) is 45.9 Å². The van der Waals surface area contributed by atoms with Crippen molar-refractivity contribution < 1.29 is 9.59 Å². The lowest BCUT2D eigenvalue weighted by Gasteiger charge is -2.19. The van der Waals surface area contributed by atoms with Gasteiger partial charge in [-0.2, -0.15) is 0 Å². The molecule has 1 aromatic rings. The van der Waals surface area contributed by atoms with E-state index in [0.717, 1.165) is 16.8 Å². The molecule has 2 atom stereocenters. The van der Waals surface area contributed by atoms with Crippen molar-refractivity contribution in [3.8, 4) is 0 Å². The van der Waals surface area contributed by atoms with E-state index in [-0.39, 0.29) is 23.7 Å². The Balaban J connectivity index is 2.55. The lowest BCUT2D eigenvalue weighted by molar-refractivity contribution is -0.122. The molecule has 2 amide bonds. The summed E-state index contributed by atoms with van der Waals surface area (Å²) < 4.78 is 0. The van der Waals surface area contributed by atoms with E-state index in [4.69, 9.17) is 0 Å². The van der Waals surface area contributed by atoms with Crippen molar-refractivity contribution >= 4 is 17.5 Å². The zero-order valence-electron chi connectivity index (χ0n) is 10.7. The molecule has 0 aromatic heterocycles. The number of hydrogen-bond acceptors (Lipinski definition) is 2. The molecule has 2 rings (SSSR count). The molecule has 3 nitrogen and oxygen atoms in total. The van der Waals surface area contributed by atoms with Crippen LogP contribution in [0.15, 0.2) is 18.2 Å². The number of rotatable bonds is 1. The van der Waals surface area contributed by atoms with Crippen LogP contribution in [-0.4, -0.2) is 11.8 Å². The van der Waals surface area contributed by atoms with Crippen molar-refractivity contribution in [3.63, 3.8) is 0 Å². The monoisotopic (exact) mass is 231 g/mol. The largest absolute Gasteiger partial charge is 0.274 e. The van der Waals surface area contributed by atoms with Gasteiger partial charge in [0.2, 0.25) is 11.8 Å². The third-order valence-corrected chi connectivity index (χ3v) is 3.63. The third kappa shape index (κ3) is 1.66. The standard InChI is InChI=1S/C14H17NO2/c1-8-6-5-7-9(2)12(8)15-13(16)10(3)11(4)14(15)17/h5-7,10-11H,1-4H3. The normalized spacial score (nSPS) is 24.6. The highest BCUT2D eigenvalue weighted by molar-refractivity contribution is 6.22. The first-order valence-corrected chi connectivity index (χ1v) is 5.89. The Morgan fingerprint density at radius 3 is 1.76 bits per heavy atom. The molecule has 1 heterocycles. The zero-order chi connectivity index (χ0) is 12.7. The maximum absolute atomic E-state index is 12.1. The summed E-state index contributed by atoms with van der Waals surface area (Å²) in [5.41, 5.74) is 2.69. The number of para-hydroxylation sites is 1. The Kier molecular flexibility index (Phi) is 2.77. The molecule has 2 unspecified atom stereocenters. The predicted molar refractivity (Wildman–Crippen MR) is 66.7 cm³/mol. The van der Waals surface area contributed by atoms with Crippen LogP contribution in [0.2, 0.25) is 0 Å². The molecule has 1 saturated heterocycles. The maximum atomic E-state index is 12.1. The van der Waals surface area contributed by atoms with E-state index in [1.54, 1.807) is 0 Å². The minimum Gasteiger partial charge on any atom is -0.274 e. The lowest BCUT2D eigenvalue weighted by atomic mass is 10.00. The van der Waals surface area contributed by atoms with E-state index in [0.29, 0.717) is 0 Å². The number of aryl methyl sites for hydroxylation is 2. The fourth-order valence-corrected chi connectivity index (χ4v) is 2.32. The van der Waals surface area contributed by atoms with Crippen LogP contribution in [0.3, 0.4) is 0 Å². The number of nitrogens with zero attached hydrogens (tertiary/aromatic N) is 1. The minimum atomic E-state index is -0.221. The number of anilines is 1. The highest BCUT2D eigenvalue weighted by Crippen LogP contribution is 2.34. The fourth-order valence-electron chi connectivity index (χ4n) is 2.32. The topological polar surface area (TPSA) is 37.4 Å². The SMILES string of the molecule is Cc1cccc(C)c1N1C(=O)C(C)C(C)C1=O. The summed E-state index contributed by atoms with van der Waals surface area (Å²) in [5, 5.41) is 0. The summed E-state index contributed by atoms with van der Waals surface area (Å²) in [7, 11) is 0. The molecular weight excluding hydrogens is 214 g/mol. The van der Waals surface area contributed by atoms with Crippen LogP contribution in [0.25, 0.3) is 0 Å². The van der Waals surface area contributed by atoms with Crippen LogP contribution >= 0.6 is 0 Å². The molecule has 1 aliphatic rings. The Bertz CT molecular complexity index is 453. The van der Waals surface area contributed by atoms with Gasteiger partial charge in [-0.25, -0.2) is 4.90 Å². The van der Waals surface area contributed by atoms with E-state index in [2.05, 4.69) is 0 Å². The number of benzene rings is 1.